The average molecular weight is 441 g/mol. The van der Waals surface area contributed by atoms with Crippen molar-refractivity contribution in [3.63, 3.8) is 0 Å². The van der Waals surface area contributed by atoms with Gasteiger partial charge in [0.25, 0.3) is 0 Å². The fourth-order valence-corrected chi connectivity index (χ4v) is 4.14. The highest BCUT2D eigenvalue weighted by Gasteiger charge is 2.38. The number of piperidine rings is 1. The van der Waals surface area contributed by atoms with Crippen molar-refractivity contribution in [2.24, 2.45) is 0 Å². The number of carbonyl (C=O) groups is 1. The van der Waals surface area contributed by atoms with E-state index >= 15 is 0 Å². The maximum absolute atomic E-state index is 13.2. The Kier molecular flexibility index (Phi) is 4.87. The highest BCUT2D eigenvalue weighted by Crippen LogP contribution is 2.40. The van der Waals surface area contributed by atoms with E-state index in [-0.39, 0.29) is 17.6 Å². The standard InChI is InChI=1S/C21H18F3N7O/c22-21(23,24)18-8-13(5-6-27-18)16-3-4-17-19(29-16)31(15-2-1-7-30(17)11-15)20(32)28-14-9-25-12-26-10-14/h3-6,8-10,12,15H,1-2,7,11H2,(H,28,32). The molecular formula is C21H18F3N7O. The van der Waals surface area contributed by atoms with Crippen molar-refractivity contribution in [3.8, 4) is 11.3 Å². The molecule has 5 rings (SSSR count). The zero-order valence-corrected chi connectivity index (χ0v) is 16.8. The van der Waals surface area contributed by atoms with E-state index in [9.17, 15) is 18.0 Å². The van der Waals surface area contributed by atoms with Crippen LogP contribution in [0.5, 0.6) is 0 Å². The summed E-state index contributed by atoms with van der Waals surface area (Å²) in [5.74, 6) is 0.415. The number of hydrogen-bond acceptors (Lipinski definition) is 6. The first-order valence-corrected chi connectivity index (χ1v) is 10.0. The molecule has 5 heterocycles. The van der Waals surface area contributed by atoms with Gasteiger partial charge in [0, 0.05) is 24.8 Å². The lowest BCUT2D eigenvalue weighted by atomic mass is 9.99. The second-order valence-electron chi connectivity index (χ2n) is 7.64. The number of aromatic nitrogens is 4. The number of rotatable bonds is 2. The minimum atomic E-state index is -4.56. The molecule has 164 valence electrons. The Morgan fingerprint density at radius 2 is 1.97 bits per heavy atom. The van der Waals surface area contributed by atoms with Gasteiger partial charge in [-0.05, 0) is 37.1 Å². The molecule has 3 aromatic rings. The van der Waals surface area contributed by atoms with Crippen molar-refractivity contribution >= 4 is 23.2 Å². The predicted molar refractivity (Wildman–Crippen MR) is 111 cm³/mol. The third-order valence-electron chi connectivity index (χ3n) is 5.56. The van der Waals surface area contributed by atoms with Crippen LogP contribution in [0.2, 0.25) is 0 Å². The van der Waals surface area contributed by atoms with Gasteiger partial charge in [-0.25, -0.2) is 19.7 Å². The third kappa shape index (κ3) is 3.70. The molecule has 32 heavy (non-hydrogen) atoms. The lowest BCUT2D eigenvalue weighted by Crippen LogP contribution is -2.56. The number of urea groups is 1. The van der Waals surface area contributed by atoms with Crippen LogP contribution >= 0.6 is 0 Å². The molecule has 11 heteroatoms. The fraction of sp³-hybridized carbons (Fsp3) is 0.286. The molecule has 1 atom stereocenters. The molecule has 0 aromatic carbocycles. The molecule has 8 nitrogen and oxygen atoms in total. The summed E-state index contributed by atoms with van der Waals surface area (Å²) in [4.78, 5) is 32.8. The highest BCUT2D eigenvalue weighted by molar-refractivity contribution is 6.04. The lowest BCUT2D eigenvalue weighted by molar-refractivity contribution is -0.141. The van der Waals surface area contributed by atoms with E-state index in [4.69, 9.17) is 0 Å². The van der Waals surface area contributed by atoms with E-state index in [0.717, 1.165) is 37.3 Å². The summed E-state index contributed by atoms with van der Waals surface area (Å²) in [5.41, 5.74) is 0.830. The average Bonchev–Trinajstić information content (AvgIpc) is 2.79. The van der Waals surface area contributed by atoms with E-state index in [1.807, 2.05) is 0 Å². The topological polar surface area (TPSA) is 87.1 Å². The molecule has 1 unspecified atom stereocenters. The molecule has 2 aliphatic heterocycles. The Morgan fingerprint density at radius 3 is 2.75 bits per heavy atom. The number of halogens is 3. The molecule has 0 spiro atoms. The first kappa shape index (κ1) is 20.2. The quantitative estimate of drug-likeness (QED) is 0.648. The molecule has 1 saturated heterocycles. The smallest absolute Gasteiger partial charge is 0.366 e. The van der Waals surface area contributed by atoms with Crippen molar-refractivity contribution < 1.29 is 18.0 Å². The number of alkyl halides is 3. The van der Waals surface area contributed by atoms with Gasteiger partial charge in [0.1, 0.15) is 12.0 Å². The van der Waals surface area contributed by atoms with E-state index in [0.29, 0.717) is 23.7 Å². The van der Waals surface area contributed by atoms with Crippen molar-refractivity contribution in [3.05, 3.63) is 54.9 Å². The molecule has 1 fully saturated rings. The fourth-order valence-electron chi connectivity index (χ4n) is 4.14. The second kappa shape index (κ2) is 7.74. The first-order valence-electron chi connectivity index (χ1n) is 10.0. The number of amides is 2. The van der Waals surface area contributed by atoms with Gasteiger partial charge in [0.05, 0.1) is 35.5 Å². The van der Waals surface area contributed by atoms with Crippen LogP contribution in [0.25, 0.3) is 11.3 Å². The minimum Gasteiger partial charge on any atom is -0.366 e. The molecule has 0 saturated carbocycles. The maximum Gasteiger partial charge on any atom is 0.433 e. The molecule has 3 aromatic heterocycles. The van der Waals surface area contributed by atoms with E-state index in [1.54, 1.807) is 17.0 Å². The molecule has 2 bridgehead atoms. The number of nitrogens with one attached hydrogen (secondary N) is 1. The van der Waals surface area contributed by atoms with Gasteiger partial charge in [0.15, 0.2) is 5.82 Å². The normalized spacial score (nSPS) is 17.7. The number of pyridine rings is 2. The van der Waals surface area contributed by atoms with Gasteiger partial charge in [-0.1, -0.05) is 0 Å². The number of nitrogens with zero attached hydrogens (tertiary/aromatic N) is 6. The summed E-state index contributed by atoms with van der Waals surface area (Å²) in [5, 5.41) is 2.79. The zero-order chi connectivity index (χ0) is 22.3. The van der Waals surface area contributed by atoms with Crippen LogP contribution in [-0.2, 0) is 6.18 Å². The summed E-state index contributed by atoms with van der Waals surface area (Å²) in [6.07, 6.45) is 2.61. The maximum atomic E-state index is 13.2. The second-order valence-corrected chi connectivity index (χ2v) is 7.64. The summed E-state index contributed by atoms with van der Waals surface area (Å²) >= 11 is 0. The number of anilines is 3. The monoisotopic (exact) mass is 441 g/mol. The van der Waals surface area contributed by atoms with Crippen LogP contribution in [0.1, 0.15) is 18.5 Å². The van der Waals surface area contributed by atoms with Gasteiger partial charge in [0.2, 0.25) is 0 Å². The van der Waals surface area contributed by atoms with E-state index < -0.39 is 11.9 Å². The lowest BCUT2D eigenvalue weighted by Gasteiger charge is -2.45. The SMILES string of the molecule is O=C(Nc1cncnc1)N1c2nc(-c3ccnc(C(F)(F)F)c3)ccc2N2CCCC1C2. The van der Waals surface area contributed by atoms with Crippen LogP contribution < -0.4 is 15.1 Å². The highest BCUT2D eigenvalue weighted by atomic mass is 19.4. The molecule has 1 N–H and O–H groups in total. The minimum absolute atomic E-state index is 0.105. The van der Waals surface area contributed by atoms with Crippen LogP contribution in [0.3, 0.4) is 0 Å². The van der Waals surface area contributed by atoms with Crippen LogP contribution in [0, 0.1) is 0 Å². The molecule has 0 aliphatic carbocycles. The Bertz CT molecular complexity index is 1160. The van der Waals surface area contributed by atoms with Gasteiger partial charge >= 0.3 is 12.2 Å². The summed E-state index contributed by atoms with van der Waals surface area (Å²) in [7, 11) is 0. The van der Waals surface area contributed by atoms with Gasteiger partial charge in [-0.15, -0.1) is 0 Å². The van der Waals surface area contributed by atoms with Crippen molar-refractivity contribution in [1.29, 1.82) is 0 Å². The van der Waals surface area contributed by atoms with Crippen molar-refractivity contribution in [1.82, 2.24) is 19.9 Å². The Morgan fingerprint density at radius 1 is 1.16 bits per heavy atom. The third-order valence-corrected chi connectivity index (χ3v) is 5.56. The Hall–Kier alpha value is -3.76. The zero-order valence-electron chi connectivity index (χ0n) is 16.8. The van der Waals surface area contributed by atoms with Crippen LogP contribution in [-0.4, -0.2) is 45.1 Å². The van der Waals surface area contributed by atoms with E-state index in [2.05, 4.69) is 30.2 Å². The molecule has 0 radical (unpaired) electrons. The van der Waals surface area contributed by atoms with Gasteiger partial charge in [-0.2, -0.15) is 13.2 Å². The van der Waals surface area contributed by atoms with Gasteiger partial charge in [-0.3, -0.25) is 9.88 Å². The first-order chi connectivity index (χ1) is 15.4. The summed E-state index contributed by atoms with van der Waals surface area (Å²) in [6.45, 7) is 1.50. The van der Waals surface area contributed by atoms with E-state index in [1.165, 1.54) is 24.8 Å². The van der Waals surface area contributed by atoms with Crippen LogP contribution in [0.4, 0.5) is 35.2 Å². The molecule has 2 amide bonds. The summed E-state index contributed by atoms with van der Waals surface area (Å²) in [6, 6.07) is 5.42. The number of fused-ring (bicyclic) bond motifs is 4. The molecular weight excluding hydrogens is 423 g/mol. The largest absolute Gasteiger partial charge is 0.433 e. The Balaban J connectivity index is 1.55. The molecule has 2 aliphatic rings. The number of carbonyl (C=O) groups excluding carboxylic acids is 1. The van der Waals surface area contributed by atoms with Crippen molar-refractivity contribution in [2.45, 2.75) is 25.1 Å². The Labute approximate surface area is 181 Å². The predicted octanol–water partition coefficient (Wildman–Crippen LogP) is 3.97. The number of hydrogen-bond donors (Lipinski definition) is 1. The van der Waals surface area contributed by atoms with Gasteiger partial charge < -0.3 is 10.2 Å². The van der Waals surface area contributed by atoms with Crippen molar-refractivity contribution in [2.75, 3.05) is 28.2 Å². The summed E-state index contributed by atoms with van der Waals surface area (Å²) < 4.78 is 39.4. The van der Waals surface area contributed by atoms with Crippen LogP contribution in [0.15, 0.2) is 49.2 Å².